The Morgan fingerprint density at radius 2 is 1.43 bits per heavy atom. The zero-order chi connectivity index (χ0) is 36.4. The Labute approximate surface area is 332 Å². The molecule has 0 spiro atoms. The minimum Gasteiger partial charge on any atom is -0.484 e. The van der Waals surface area contributed by atoms with Crippen LogP contribution in [0.2, 0.25) is 0 Å². The molecular formula is C45H39B2IrN5O-2. The van der Waals surface area contributed by atoms with Gasteiger partial charge in [0.05, 0.1) is 0 Å². The molecule has 5 heterocycles. The van der Waals surface area contributed by atoms with Crippen molar-refractivity contribution in [2.24, 2.45) is 0 Å². The average Bonchev–Trinajstić information content (AvgIpc) is 3.66. The van der Waals surface area contributed by atoms with Crippen LogP contribution in [-0.2, 0) is 20.1 Å². The number of anilines is 4. The molecule has 267 valence electrons. The van der Waals surface area contributed by atoms with Crippen LogP contribution < -0.4 is 36.3 Å². The van der Waals surface area contributed by atoms with Gasteiger partial charge in [-0.05, 0) is 81.8 Å². The second-order valence-corrected chi connectivity index (χ2v) is 14.5. The normalized spacial score (nSPS) is 13.0. The maximum absolute atomic E-state index is 6.30. The number of rotatable bonds is 3. The van der Waals surface area contributed by atoms with Crippen LogP contribution in [0.1, 0.15) is 36.1 Å². The van der Waals surface area contributed by atoms with Gasteiger partial charge in [0.25, 0.3) is 0 Å². The molecule has 0 saturated heterocycles. The molecule has 6 nitrogen and oxygen atoms in total. The molecule has 5 aromatic carbocycles. The third-order valence-electron chi connectivity index (χ3n) is 10.9. The first kappa shape index (κ1) is 35.7. The van der Waals surface area contributed by atoms with Gasteiger partial charge in [-0.2, -0.15) is 12.1 Å². The quantitative estimate of drug-likeness (QED) is 0.138. The summed E-state index contributed by atoms with van der Waals surface area (Å²) in [5.41, 5.74) is 14.5. The molecule has 3 aliphatic rings. The summed E-state index contributed by atoms with van der Waals surface area (Å²) in [6.07, 6.45) is 5.93. The van der Waals surface area contributed by atoms with Gasteiger partial charge in [0.2, 0.25) is 0 Å². The van der Waals surface area contributed by atoms with Crippen LogP contribution in [0.25, 0.3) is 11.4 Å². The Morgan fingerprint density at radius 1 is 0.685 bits per heavy atom. The number of aromatic nitrogens is 3. The molecule has 0 saturated carbocycles. The smallest absolute Gasteiger partial charge is 0.399 e. The Balaban J connectivity index is 0.000000153. The predicted molar refractivity (Wildman–Crippen MR) is 219 cm³/mol. The molecule has 0 unspecified atom stereocenters. The largest absolute Gasteiger partial charge is 0.484 e. The van der Waals surface area contributed by atoms with Gasteiger partial charge in [-0.15, -0.1) is 35.8 Å². The molecule has 54 heavy (non-hydrogen) atoms. The van der Waals surface area contributed by atoms with Gasteiger partial charge in [-0.3, -0.25) is 4.98 Å². The molecular weight excluding hydrogens is 840 g/mol. The number of para-hydroxylation sites is 2. The van der Waals surface area contributed by atoms with Crippen molar-refractivity contribution in [3.63, 3.8) is 0 Å². The first-order valence-electron chi connectivity index (χ1n) is 18.3. The van der Waals surface area contributed by atoms with Crippen LogP contribution in [0.5, 0.6) is 11.5 Å². The molecule has 2 aromatic heterocycles. The second kappa shape index (κ2) is 14.1. The van der Waals surface area contributed by atoms with E-state index >= 15 is 0 Å². The van der Waals surface area contributed by atoms with E-state index < -0.39 is 0 Å². The summed E-state index contributed by atoms with van der Waals surface area (Å²) in [4.78, 5) is 14.1. The first-order valence-corrected chi connectivity index (χ1v) is 18.3. The molecule has 9 heteroatoms. The zero-order valence-electron chi connectivity index (χ0n) is 31.3. The van der Waals surface area contributed by atoms with Crippen LogP contribution >= 0.6 is 0 Å². The van der Waals surface area contributed by atoms with Crippen LogP contribution in [0.4, 0.5) is 22.9 Å². The fraction of sp³-hybridized carbons (Fsp3) is 0.156. The molecule has 0 amide bonds. The summed E-state index contributed by atoms with van der Waals surface area (Å²) in [5.74, 6) is 3.72. The van der Waals surface area contributed by atoms with Crippen LogP contribution in [0.3, 0.4) is 0 Å². The number of hydrogen-bond acceptors (Lipinski definition) is 5. The van der Waals surface area contributed by atoms with Crippen molar-refractivity contribution in [1.82, 2.24) is 14.4 Å². The van der Waals surface area contributed by atoms with E-state index in [0.29, 0.717) is 6.04 Å². The van der Waals surface area contributed by atoms with E-state index in [2.05, 4.69) is 158 Å². The van der Waals surface area contributed by atoms with Gasteiger partial charge in [0.15, 0.2) is 6.71 Å². The van der Waals surface area contributed by atoms with Crippen molar-refractivity contribution in [2.45, 2.75) is 47.6 Å². The Hall–Kier alpha value is -5.36. The van der Waals surface area contributed by atoms with Crippen molar-refractivity contribution in [2.75, 3.05) is 9.71 Å². The summed E-state index contributed by atoms with van der Waals surface area (Å²) in [6.45, 7) is 13.4. The van der Waals surface area contributed by atoms with Gasteiger partial charge in [-0.25, -0.2) is 4.98 Å². The third kappa shape index (κ3) is 5.69. The molecule has 0 atom stereocenters. The summed E-state index contributed by atoms with van der Waals surface area (Å²) in [7, 11) is 0. The average molecular weight is 880 g/mol. The second-order valence-electron chi connectivity index (χ2n) is 14.5. The van der Waals surface area contributed by atoms with Gasteiger partial charge in [0, 0.05) is 62.0 Å². The molecule has 1 radical (unpaired) electrons. The van der Waals surface area contributed by atoms with Crippen molar-refractivity contribution >= 4 is 58.4 Å². The van der Waals surface area contributed by atoms with E-state index in [9.17, 15) is 0 Å². The maximum Gasteiger partial charge on any atom is 0.399 e. The Bertz CT molecular complexity index is 2510. The minimum absolute atomic E-state index is 0. The number of pyridine rings is 1. The van der Waals surface area contributed by atoms with Crippen LogP contribution in [0.15, 0.2) is 122 Å². The minimum atomic E-state index is 0. The van der Waals surface area contributed by atoms with Crippen molar-refractivity contribution in [3.8, 4) is 22.9 Å². The number of hydrogen-bond donors (Lipinski definition) is 0. The van der Waals surface area contributed by atoms with Crippen LogP contribution in [0, 0.1) is 39.8 Å². The SMILES string of the molecule is Cc1cccc(C)c1B1N(C(C)C)c2ccc[c-]c2-c2nccn21.Cc1cnc(N2c3[c-]ccc4c3B(c3ccccc3O4)c3ccccc32)cc1C.[Ir]. The number of benzene rings is 5. The predicted octanol–water partition coefficient (Wildman–Crippen LogP) is 7.34. The Morgan fingerprint density at radius 3 is 2.20 bits per heavy atom. The fourth-order valence-electron chi connectivity index (χ4n) is 8.33. The monoisotopic (exact) mass is 880 g/mol. The van der Waals surface area contributed by atoms with Crippen molar-refractivity contribution < 1.29 is 24.8 Å². The zero-order valence-corrected chi connectivity index (χ0v) is 33.7. The van der Waals surface area contributed by atoms with Crippen molar-refractivity contribution in [1.29, 1.82) is 0 Å². The summed E-state index contributed by atoms with van der Waals surface area (Å²) < 4.78 is 8.59. The van der Waals surface area contributed by atoms with Gasteiger partial charge in [-0.1, -0.05) is 88.1 Å². The first-order chi connectivity index (χ1) is 25.8. The van der Waals surface area contributed by atoms with Crippen LogP contribution in [-0.4, -0.2) is 34.2 Å². The van der Waals surface area contributed by atoms with E-state index in [1.165, 1.54) is 44.3 Å². The summed E-state index contributed by atoms with van der Waals surface area (Å²) in [5, 5.41) is 0. The van der Waals surface area contributed by atoms with E-state index in [1.54, 1.807) is 0 Å². The number of aryl methyl sites for hydroxylation is 4. The fourth-order valence-corrected chi connectivity index (χ4v) is 8.33. The topological polar surface area (TPSA) is 46.4 Å². The summed E-state index contributed by atoms with van der Waals surface area (Å²) >= 11 is 0. The molecule has 10 rings (SSSR count). The van der Waals surface area contributed by atoms with Gasteiger partial charge < -0.3 is 18.9 Å². The van der Waals surface area contributed by atoms with E-state index in [4.69, 9.17) is 9.72 Å². The van der Waals surface area contributed by atoms with Gasteiger partial charge >= 0.3 is 6.98 Å². The molecule has 0 N–H and O–H groups in total. The number of nitrogens with zero attached hydrogens (tertiary/aromatic N) is 5. The number of imidazole rings is 1. The van der Waals surface area contributed by atoms with E-state index in [0.717, 1.165) is 45.5 Å². The third-order valence-corrected chi connectivity index (χ3v) is 10.9. The maximum atomic E-state index is 6.30. The molecule has 0 fully saturated rings. The number of ether oxygens (including phenoxy) is 1. The van der Waals surface area contributed by atoms with Crippen molar-refractivity contribution in [3.05, 3.63) is 156 Å². The molecule has 3 aliphatic heterocycles. The molecule has 0 bridgehead atoms. The van der Waals surface area contributed by atoms with E-state index in [-0.39, 0.29) is 33.8 Å². The molecule has 0 aliphatic carbocycles. The summed E-state index contributed by atoms with van der Waals surface area (Å²) in [6, 6.07) is 43.0. The van der Waals surface area contributed by atoms with E-state index in [1.807, 2.05) is 36.7 Å². The Kier molecular flexibility index (Phi) is 9.33. The molecule has 7 aromatic rings. The van der Waals surface area contributed by atoms with Gasteiger partial charge in [0.1, 0.15) is 11.6 Å². The number of fused-ring (bicyclic) bond motifs is 7. The standard InChI is InChI=1S/C25H18BN2O.C20H21BN3.Ir/c1-16-14-24(27-15-17(16)2)28-20-10-5-3-8-18(20)26-19-9-4-6-12-22(19)29-23-13-7-11-21(28)25(23)26;1-14(2)24-18-11-6-5-10-17(18)20-22-12-13-23(20)21(24)19-15(3)8-7-9-16(19)4;/h3-10,12-15H,1-2H3;5-9,11-14H,1-4H3;/q2*-1;.